The molecule has 0 aliphatic rings. The average molecular weight is 334 g/mol. The topological polar surface area (TPSA) is 71.1 Å². The van der Waals surface area contributed by atoms with Crippen LogP contribution in [0, 0.1) is 5.92 Å². The molecule has 0 saturated heterocycles. The number of anilines is 1. The first-order chi connectivity index (χ1) is 9.86. The first kappa shape index (κ1) is 18.2. The van der Waals surface area contributed by atoms with Crippen molar-refractivity contribution in [1.82, 2.24) is 9.71 Å². The first-order valence-electron chi connectivity index (χ1n) is 7.26. The monoisotopic (exact) mass is 333 g/mol. The second-order valence-electron chi connectivity index (χ2n) is 5.32. The molecule has 7 heteroatoms. The van der Waals surface area contributed by atoms with Crippen LogP contribution < -0.4 is 10.0 Å². The molecule has 0 bridgehead atoms. The molecular weight excluding hydrogens is 310 g/mol. The number of pyridine rings is 1. The number of rotatable bonds is 9. The van der Waals surface area contributed by atoms with Gasteiger partial charge >= 0.3 is 0 Å². The fourth-order valence-corrected chi connectivity index (χ4v) is 3.17. The van der Waals surface area contributed by atoms with E-state index in [0.717, 1.165) is 19.3 Å². The van der Waals surface area contributed by atoms with E-state index in [1.165, 1.54) is 12.3 Å². The van der Waals surface area contributed by atoms with Crippen LogP contribution in [0.15, 0.2) is 17.2 Å². The van der Waals surface area contributed by atoms with Crippen LogP contribution in [-0.2, 0) is 10.0 Å². The molecule has 1 rings (SSSR count). The van der Waals surface area contributed by atoms with E-state index in [2.05, 4.69) is 28.9 Å². The van der Waals surface area contributed by atoms with E-state index in [-0.39, 0.29) is 4.90 Å². The Morgan fingerprint density at radius 2 is 2.05 bits per heavy atom. The van der Waals surface area contributed by atoms with Gasteiger partial charge in [-0.15, -0.1) is 0 Å². The average Bonchev–Trinajstić information content (AvgIpc) is 2.40. The highest BCUT2D eigenvalue weighted by molar-refractivity contribution is 7.89. The molecule has 5 nitrogen and oxygen atoms in total. The van der Waals surface area contributed by atoms with Gasteiger partial charge in [0.25, 0.3) is 0 Å². The largest absolute Gasteiger partial charge is 0.369 e. The second kappa shape index (κ2) is 8.56. The summed E-state index contributed by atoms with van der Waals surface area (Å²) in [7, 11) is -3.54. The van der Waals surface area contributed by atoms with Crippen molar-refractivity contribution >= 4 is 27.4 Å². The predicted molar refractivity (Wildman–Crippen MR) is 87.3 cm³/mol. The Kier molecular flexibility index (Phi) is 7.42. The van der Waals surface area contributed by atoms with Gasteiger partial charge in [-0.25, -0.2) is 18.1 Å². The summed E-state index contributed by atoms with van der Waals surface area (Å²) < 4.78 is 26.8. The molecule has 0 spiro atoms. The fourth-order valence-electron chi connectivity index (χ4n) is 1.83. The maximum absolute atomic E-state index is 12.1. The molecule has 0 aliphatic heterocycles. The van der Waals surface area contributed by atoms with Crippen molar-refractivity contribution in [3.8, 4) is 0 Å². The zero-order valence-corrected chi connectivity index (χ0v) is 14.4. The molecule has 0 amide bonds. The van der Waals surface area contributed by atoms with Gasteiger partial charge in [0.1, 0.15) is 10.7 Å². The normalized spacial score (nSPS) is 11.9. The molecular formula is C14H24ClN3O2S. The quantitative estimate of drug-likeness (QED) is 0.680. The van der Waals surface area contributed by atoms with E-state index in [0.29, 0.717) is 29.8 Å². The van der Waals surface area contributed by atoms with Crippen LogP contribution in [0.5, 0.6) is 0 Å². The summed E-state index contributed by atoms with van der Waals surface area (Å²) in [6, 6.07) is 1.42. The second-order valence-corrected chi connectivity index (χ2v) is 7.49. The van der Waals surface area contributed by atoms with Gasteiger partial charge in [-0.1, -0.05) is 38.3 Å². The molecule has 0 fully saturated rings. The zero-order valence-electron chi connectivity index (χ0n) is 12.8. The minimum absolute atomic E-state index is 0.0954. The molecule has 0 saturated carbocycles. The Bertz CT molecular complexity index is 547. The molecule has 2 N–H and O–H groups in total. The minimum atomic E-state index is -3.54. The van der Waals surface area contributed by atoms with E-state index >= 15 is 0 Å². The number of unbranched alkanes of at least 4 members (excludes halogenated alkanes) is 1. The van der Waals surface area contributed by atoms with Crippen LogP contribution in [0.1, 0.15) is 40.0 Å². The van der Waals surface area contributed by atoms with Crippen molar-refractivity contribution in [2.24, 2.45) is 5.92 Å². The number of halogens is 1. The Morgan fingerprint density at radius 3 is 2.62 bits per heavy atom. The van der Waals surface area contributed by atoms with Crippen molar-refractivity contribution in [3.05, 3.63) is 17.3 Å². The Morgan fingerprint density at radius 1 is 1.33 bits per heavy atom. The highest BCUT2D eigenvalue weighted by atomic mass is 35.5. The number of hydrogen-bond donors (Lipinski definition) is 2. The van der Waals surface area contributed by atoms with Crippen LogP contribution in [0.25, 0.3) is 0 Å². The van der Waals surface area contributed by atoms with Gasteiger partial charge in [0, 0.05) is 19.3 Å². The van der Waals surface area contributed by atoms with Crippen LogP contribution in [0.3, 0.4) is 0 Å². The molecule has 1 aromatic heterocycles. The van der Waals surface area contributed by atoms with Gasteiger partial charge in [-0.05, 0) is 25.3 Å². The predicted octanol–water partition coefficient (Wildman–Crippen LogP) is 3.27. The maximum atomic E-state index is 12.1. The van der Waals surface area contributed by atoms with E-state index in [9.17, 15) is 8.42 Å². The van der Waals surface area contributed by atoms with E-state index in [1.807, 2.05) is 6.92 Å². The summed E-state index contributed by atoms with van der Waals surface area (Å²) in [5.74, 6) is 1.14. The third-order valence-corrected chi connectivity index (χ3v) is 4.69. The Hall–Kier alpha value is -0.850. The lowest BCUT2D eigenvalue weighted by molar-refractivity contribution is 0.530. The third-order valence-electron chi connectivity index (χ3n) is 2.97. The van der Waals surface area contributed by atoms with E-state index in [1.54, 1.807) is 0 Å². The van der Waals surface area contributed by atoms with Crippen LogP contribution in [0.4, 0.5) is 5.82 Å². The number of hydrogen-bond acceptors (Lipinski definition) is 4. The van der Waals surface area contributed by atoms with Crippen molar-refractivity contribution in [3.63, 3.8) is 0 Å². The van der Waals surface area contributed by atoms with E-state index < -0.39 is 10.0 Å². The summed E-state index contributed by atoms with van der Waals surface area (Å²) in [6.45, 7) is 7.34. The molecule has 0 aliphatic carbocycles. The number of sulfonamides is 1. The van der Waals surface area contributed by atoms with Crippen molar-refractivity contribution in [1.29, 1.82) is 0 Å². The standard InChI is InChI=1S/C14H24ClN3O2S/c1-4-16-14-13(15)9-12(10-17-14)21(19,20)18-8-6-5-7-11(2)3/h9-11,18H,4-8H2,1-3H3,(H,16,17). The Labute approximate surface area is 132 Å². The van der Waals surface area contributed by atoms with Gasteiger partial charge in [-0.2, -0.15) is 0 Å². The summed E-state index contributed by atoms with van der Waals surface area (Å²) in [5, 5.41) is 3.27. The highest BCUT2D eigenvalue weighted by Crippen LogP contribution is 2.22. The van der Waals surface area contributed by atoms with Crippen LogP contribution in [-0.4, -0.2) is 26.5 Å². The number of nitrogens with one attached hydrogen (secondary N) is 2. The van der Waals surface area contributed by atoms with Crippen molar-refractivity contribution in [2.45, 2.75) is 44.9 Å². The fraction of sp³-hybridized carbons (Fsp3) is 0.643. The molecule has 0 atom stereocenters. The Balaban J connectivity index is 2.60. The van der Waals surface area contributed by atoms with Gasteiger partial charge < -0.3 is 5.32 Å². The van der Waals surface area contributed by atoms with Crippen LogP contribution >= 0.6 is 11.6 Å². The summed E-state index contributed by atoms with van der Waals surface area (Å²) >= 11 is 6.02. The lowest BCUT2D eigenvalue weighted by Crippen LogP contribution is -2.25. The van der Waals surface area contributed by atoms with Crippen LogP contribution in [0.2, 0.25) is 5.02 Å². The summed E-state index contributed by atoms with van der Waals surface area (Å²) in [4.78, 5) is 4.14. The molecule has 0 aromatic carbocycles. The summed E-state index contributed by atoms with van der Waals surface area (Å²) in [5.41, 5.74) is 0. The van der Waals surface area contributed by atoms with Gasteiger partial charge in [0.15, 0.2) is 0 Å². The number of nitrogens with zero attached hydrogens (tertiary/aromatic N) is 1. The third kappa shape index (κ3) is 6.20. The lowest BCUT2D eigenvalue weighted by Gasteiger charge is -2.09. The van der Waals surface area contributed by atoms with E-state index in [4.69, 9.17) is 11.6 Å². The van der Waals surface area contributed by atoms with Gasteiger partial charge in [0.2, 0.25) is 10.0 Å². The van der Waals surface area contributed by atoms with Crippen molar-refractivity contribution < 1.29 is 8.42 Å². The number of aromatic nitrogens is 1. The molecule has 0 radical (unpaired) electrons. The molecule has 120 valence electrons. The molecule has 21 heavy (non-hydrogen) atoms. The minimum Gasteiger partial charge on any atom is -0.369 e. The van der Waals surface area contributed by atoms with Gasteiger partial charge in [-0.3, -0.25) is 0 Å². The zero-order chi connectivity index (χ0) is 15.9. The van der Waals surface area contributed by atoms with Gasteiger partial charge in [0.05, 0.1) is 5.02 Å². The molecule has 1 heterocycles. The van der Waals surface area contributed by atoms with Crippen molar-refractivity contribution in [2.75, 3.05) is 18.4 Å². The summed E-state index contributed by atoms with van der Waals surface area (Å²) in [6.07, 6.45) is 4.26. The first-order valence-corrected chi connectivity index (χ1v) is 9.12. The molecule has 1 aromatic rings. The highest BCUT2D eigenvalue weighted by Gasteiger charge is 2.15. The smallest absolute Gasteiger partial charge is 0.242 e. The SMILES string of the molecule is CCNc1ncc(S(=O)(=O)NCCCCC(C)C)cc1Cl. The maximum Gasteiger partial charge on any atom is 0.242 e. The lowest BCUT2D eigenvalue weighted by atomic mass is 10.1. The molecule has 0 unspecified atom stereocenters.